The number of benzene rings is 1. The summed E-state index contributed by atoms with van der Waals surface area (Å²) < 4.78 is 26.4. The summed E-state index contributed by atoms with van der Waals surface area (Å²) in [6, 6.07) is 5.19. The maximum Gasteiger partial charge on any atom is 0.243 e. The van der Waals surface area contributed by atoms with Crippen molar-refractivity contribution < 1.29 is 8.42 Å². The third-order valence-electron chi connectivity index (χ3n) is 2.92. The van der Waals surface area contributed by atoms with Crippen molar-refractivity contribution >= 4 is 10.0 Å². The Morgan fingerprint density at radius 2 is 2.11 bits per heavy atom. The zero-order valence-corrected chi connectivity index (χ0v) is 11.7. The van der Waals surface area contributed by atoms with Crippen molar-refractivity contribution in [2.45, 2.75) is 25.3 Å². The van der Waals surface area contributed by atoms with E-state index in [4.69, 9.17) is 5.73 Å². The quantitative estimate of drug-likeness (QED) is 0.798. The molecule has 0 atom stereocenters. The Morgan fingerprint density at radius 3 is 2.61 bits per heavy atom. The molecule has 0 saturated heterocycles. The molecule has 0 bridgehead atoms. The molecule has 0 radical (unpaired) electrons. The Labute approximate surface area is 109 Å². The van der Waals surface area contributed by atoms with Crippen LogP contribution in [0.5, 0.6) is 0 Å². The molecule has 18 heavy (non-hydrogen) atoms. The van der Waals surface area contributed by atoms with Crippen molar-refractivity contribution in [3.63, 3.8) is 0 Å². The Bertz CT molecular complexity index is 524. The lowest BCUT2D eigenvalue weighted by Crippen LogP contribution is -2.31. The lowest BCUT2D eigenvalue weighted by Gasteiger charge is -2.20. The van der Waals surface area contributed by atoms with Crippen LogP contribution in [-0.2, 0) is 16.6 Å². The second kappa shape index (κ2) is 6.13. The maximum atomic E-state index is 12.5. The van der Waals surface area contributed by atoms with Crippen LogP contribution < -0.4 is 5.73 Å². The lowest BCUT2D eigenvalue weighted by atomic mass is 10.1. The van der Waals surface area contributed by atoms with Crippen LogP contribution in [0.15, 0.2) is 35.7 Å². The highest BCUT2D eigenvalue weighted by molar-refractivity contribution is 7.89. The van der Waals surface area contributed by atoms with E-state index in [2.05, 4.69) is 6.58 Å². The van der Waals surface area contributed by atoms with Crippen LogP contribution in [0.25, 0.3) is 0 Å². The molecule has 0 spiro atoms. The Hall–Kier alpha value is -1.17. The van der Waals surface area contributed by atoms with Gasteiger partial charge in [-0.25, -0.2) is 8.42 Å². The van der Waals surface area contributed by atoms with Gasteiger partial charge in [0.2, 0.25) is 10.0 Å². The van der Waals surface area contributed by atoms with E-state index in [1.165, 1.54) is 4.31 Å². The topological polar surface area (TPSA) is 63.4 Å². The van der Waals surface area contributed by atoms with Gasteiger partial charge < -0.3 is 5.73 Å². The van der Waals surface area contributed by atoms with Gasteiger partial charge in [-0.15, -0.1) is 6.58 Å². The number of likely N-dealkylation sites (N-methyl/N-ethyl adjacent to an activating group) is 1. The van der Waals surface area contributed by atoms with E-state index in [-0.39, 0.29) is 0 Å². The fraction of sp³-hybridized carbons (Fsp3) is 0.385. The van der Waals surface area contributed by atoms with Gasteiger partial charge in [0.25, 0.3) is 0 Å². The van der Waals surface area contributed by atoms with Crippen LogP contribution >= 0.6 is 0 Å². The molecule has 0 fully saturated rings. The van der Waals surface area contributed by atoms with Gasteiger partial charge >= 0.3 is 0 Å². The second-order valence-corrected chi connectivity index (χ2v) is 5.90. The Kier molecular flexibility index (Phi) is 5.07. The van der Waals surface area contributed by atoms with Gasteiger partial charge in [-0.2, -0.15) is 4.31 Å². The molecule has 0 unspecified atom stereocenters. The van der Waals surface area contributed by atoms with Crippen molar-refractivity contribution in [2.24, 2.45) is 5.73 Å². The van der Waals surface area contributed by atoms with Crippen LogP contribution in [0.2, 0.25) is 0 Å². The van der Waals surface area contributed by atoms with E-state index in [0.29, 0.717) is 24.5 Å². The number of nitrogens with zero attached hydrogens (tertiary/aromatic N) is 1. The summed E-state index contributed by atoms with van der Waals surface area (Å²) in [4.78, 5) is 0.328. The first-order valence-electron chi connectivity index (χ1n) is 5.88. The molecule has 1 aromatic rings. The summed E-state index contributed by atoms with van der Waals surface area (Å²) in [5.74, 6) is 0. The largest absolute Gasteiger partial charge is 0.326 e. The van der Waals surface area contributed by atoms with Crippen LogP contribution in [0.1, 0.15) is 18.1 Å². The summed E-state index contributed by atoms with van der Waals surface area (Å²) in [6.45, 7) is 8.25. The maximum absolute atomic E-state index is 12.5. The first-order chi connectivity index (χ1) is 8.48. The van der Waals surface area contributed by atoms with Gasteiger partial charge in [-0.1, -0.05) is 25.1 Å². The predicted octanol–water partition coefficient (Wildman–Crippen LogP) is 1.65. The van der Waals surface area contributed by atoms with Crippen molar-refractivity contribution in [2.75, 3.05) is 13.1 Å². The molecule has 5 heteroatoms. The highest BCUT2D eigenvalue weighted by atomic mass is 32.2. The Balaban J connectivity index is 3.31. The SMILES string of the molecule is C=CCN(CC)S(=O)(=O)c1cccc(CN)c1C. The van der Waals surface area contributed by atoms with Gasteiger partial charge in [-0.3, -0.25) is 0 Å². The van der Waals surface area contributed by atoms with Gasteiger partial charge in [-0.05, 0) is 24.1 Å². The molecular formula is C13H20N2O2S. The van der Waals surface area contributed by atoms with E-state index in [0.717, 1.165) is 11.1 Å². The first kappa shape index (κ1) is 14.9. The molecule has 0 heterocycles. The molecule has 0 aromatic heterocycles. The normalized spacial score (nSPS) is 11.8. The predicted molar refractivity (Wildman–Crippen MR) is 73.7 cm³/mol. The fourth-order valence-corrected chi connectivity index (χ4v) is 3.53. The Morgan fingerprint density at radius 1 is 1.44 bits per heavy atom. The van der Waals surface area contributed by atoms with Crippen LogP contribution in [0.4, 0.5) is 0 Å². The number of sulfonamides is 1. The molecule has 2 N–H and O–H groups in total. The molecule has 0 saturated carbocycles. The van der Waals surface area contributed by atoms with E-state index in [1.54, 1.807) is 25.1 Å². The molecule has 1 rings (SSSR count). The van der Waals surface area contributed by atoms with Crippen molar-refractivity contribution in [1.29, 1.82) is 0 Å². The van der Waals surface area contributed by atoms with E-state index in [9.17, 15) is 8.42 Å². The molecular weight excluding hydrogens is 248 g/mol. The van der Waals surface area contributed by atoms with Crippen LogP contribution in [0.3, 0.4) is 0 Å². The highest BCUT2D eigenvalue weighted by Crippen LogP contribution is 2.22. The van der Waals surface area contributed by atoms with E-state index in [1.807, 2.05) is 13.0 Å². The standard InChI is InChI=1S/C13H20N2O2S/c1-4-9-15(5-2)18(16,17)13-8-6-7-12(10-14)11(13)3/h4,6-8H,1,5,9-10,14H2,2-3H3. The number of rotatable bonds is 6. The summed E-state index contributed by atoms with van der Waals surface area (Å²) in [6.07, 6.45) is 1.59. The van der Waals surface area contributed by atoms with Crippen molar-refractivity contribution in [3.8, 4) is 0 Å². The molecule has 0 aliphatic heterocycles. The number of nitrogens with two attached hydrogens (primary N) is 1. The minimum absolute atomic E-state index is 0.311. The zero-order chi connectivity index (χ0) is 13.8. The average molecular weight is 268 g/mol. The van der Waals surface area contributed by atoms with E-state index >= 15 is 0 Å². The molecule has 0 amide bonds. The molecule has 100 valence electrons. The summed E-state index contributed by atoms with van der Waals surface area (Å²) >= 11 is 0. The minimum atomic E-state index is -3.47. The van der Waals surface area contributed by atoms with Crippen LogP contribution in [0, 0.1) is 6.92 Å². The third-order valence-corrected chi connectivity index (χ3v) is 5.00. The average Bonchev–Trinajstić information content (AvgIpc) is 2.35. The molecule has 4 nitrogen and oxygen atoms in total. The van der Waals surface area contributed by atoms with Crippen LogP contribution in [-0.4, -0.2) is 25.8 Å². The second-order valence-electron chi connectivity index (χ2n) is 3.99. The highest BCUT2D eigenvalue weighted by Gasteiger charge is 2.24. The van der Waals surface area contributed by atoms with Gasteiger partial charge in [0.05, 0.1) is 4.90 Å². The number of hydrogen-bond donors (Lipinski definition) is 1. The van der Waals surface area contributed by atoms with E-state index < -0.39 is 10.0 Å². The summed E-state index contributed by atoms with van der Waals surface area (Å²) in [5.41, 5.74) is 7.18. The smallest absolute Gasteiger partial charge is 0.243 e. The number of hydrogen-bond acceptors (Lipinski definition) is 3. The van der Waals surface area contributed by atoms with Crippen molar-refractivity contribution in [3.05, 3.63) is 42.0 Å². The third kappa shape index (κ3) is 2.80. The molecule has 0 aliphatic rings. The fourth-order valence-electron chi connectivity index (χ4n) is 1.84. The summed E-state index contributed by atoms with van der Waals surface area (Å²) in [5, 5.41) is 0. The van der Waals surface area contributed by atoms with Gasteiger partial charge in [0, 0.05) is 19.6 Å². The molecule has 0 aliphatic carbocycles. The first-order valence-corrected chi connectivity index (χ1v) is 7.32. The summed E-state index contributed by atoms with van der Waals surface area (Å²) in [7, 11) is -3.47. The zero-order valence-electron chi connectivity index (χ0n) is 10.9. The van der Waals surface area contributed by atoms with Crippen molar-refractivity contribution in [1.82, 2.24) is 4.31 Å². The molecule has 1 aromatic carbocycles. The van der Waals surface area contributed by atoms with Gasteiger partial charge in [0.15, 0.2) is 0 Å². The van der Waals surface area contributed by atoms with Gasteiger partial charge in [0.1, 0.15) is 0 Å². The monoisotopic (exact) mass is 268 g/mol. The lowest BCUT2D eigenvalue weighted by molar-refractivity contribution is 0.459. The minimum Gasteiger partial charge on any atom is -0.326 e.